The number of carbonyl (C=O) groups is 1. The van der Waals surface area contributed by atoms with Gasteiger partial charge >= 0.3 is 0 Å². The van der Waals surface area contributed by atoms with Crippen molar-refractivity contribution in [3.8, 4) is 0 Å². The molecule has 0 saturated heterocycles. The van der Waals surface area contributed by atoms with Crippen molar-refractivity contribution in [3.05, 3.63) is 44.7 Å². The first kappa shape index (κ1) is 19.6. The molecule has 10 nitrogen and oxygen atoms in total. The Morgan fingerprint density at radius 2 is 2.14 bits per heavy atom. The molecule has 1 aromatic heterocycles. The predicted molar refractivity (Wildman–Crippen MR) is 103 cm³/mol. The third kappa shape index (κ3) is 4.05. The van der Waals surface area contributed by atoms with Crippen LogP contribution in [0.4, 0.5) is 5.95 Å². The predicted octanol–water partition coefficient (Wildman–Crippen LogP) is 1.10. The van der Waals surface area contributed by atoms with E-state index in [0.717, 1.165) is 6.42 Å². The van der Waals surface area contributed by atoms with E-state index in [4.69, 9.17) is 0 Å². The number of nitrogens with one attached hydrogen (secondary N) is 1. The van der Waals surface area contributed by atoms with E-state index < -0.39 is 10.7 Å². The molecule has 1 N–H and O–H groups in total. The fourth-order valence-electron chi connectivity index (χ4n) is 3.19. The monoisotopic (exact) mass is 389 g/mol. The van der Waals surface area contributed by atoms with E-state index >= 15 is 0 Å². The molecular formula is C18H23N5O5. The van der Waals surface area contributed by atoms with Crippen LogP contribution in [-0.4, -0.2) is 45.8 Å². The third-order valence-electron chi connectivity index (χ3n) is 4.97. The zero-order chi connectivity index (χ0) is 20.3. The van der Waals surface area contributed by atoms with Gasteiger partial charge in [-0.15, -0.1) is 10.1 Å². The fourth-order valence-corrected chi connectivity index (χ4v) is 3.19. The van der Waals surface area contributed by atoms with Crippen molar-refractivity contribution in [2.75, 3.05) is 24.5 Å². The molecule has 0 radical (unpaired) electrons. The zero-order valence-corrected chi connectivity index (χ0v) is 15.9. The van der Waals surface area contributed by atoms with Gasteiger partial charge in [0.05, 0.1) is 17.4 Å². The summed E-state index contributed by atoms with van der Waals surface area (Å²) >= 11 is 0. The maximum absolute atomic E-state index is 12.7. The summed E-state index contributed by atoms with van der Waals surface area (Å²) in [5, 5.41) is 13.0. The number of para-hydroxylation sites is 1. The Morgan fingerprint density at radius 1 is 1.39 bits per heavy atom. The van der Waals surface area contributed by atoms with Crippen molar-refractivity contribution < 1.29 is 14.7 Å². The van der Waals surface area contributed by atoms with Crippen molar-refractivity contribution >= 4 is 22.8 Å². The van der Waals surface area contributed by atoms with Crippen LogP contribution < -0.4 is 15.8 Å². The fraction of sp³-hybridized carbons (Fsp3) is 0.500. The van der Waals surface area contributed by atoms with Crippen molar-refractivity contribution in [2.24, 2.45) is 0 Å². The highest BCUT2D eigenvalue weighted by atomic mass is 17.0. The largest absolute Gasteiger partial charge is 0.352 e. The SMILES string of the molecule is CCC(C)(CNC(=O)CN1CCCn2c1nc1ccccc1c2=O)O[N+](=O)[O-]. The molecular weight excluding hydrogens is 366 g/mol. The Hall–Kier alpha value is -3.17. The van der Waals surface area contributed by atoms with Crippen LogP contribution in [0.3, 0.4) is 0 Å². The van der Waals surface area contributed by atoms with Gasteiger partial charge in [-0.2, -0.15) is 0 Å². The van der Waals surface area contributed by atoms with Crippen molar-refractivity contribution in [2.45, 2.75) is 38.8 Å². The number of fused-ring (bicyclic) bond motifs is 2. The van der Waals surface area contributed by atoms with Gasteiger partial charge in [-0.05, 0) is 31.9 Å². The molecule has 150 valence electrons. The number of carbonyl (C=O) groups excluding carboxylic acids is 1. The quantitative estimate of drug-likeness (QED) is 0.556. The third-order valence-corrected chi connectivity index (χ3v) is 4.97. The minimum absolute atomic E-state index is 0.00301. The van der Waals surface area contributed by atoms with E-state index in [-0.39, 0.29) is 24.6 Å². The summed E-state index contributed by atoms with van der Waals surface area (Å²) < 4.78 is 1.59. The lowest BCUT2D eigenvalue weighted by atomic mass is 10.0. The highest BCUT2D eigenvalue weighted by Crippen LogP contribution is 2.19. The average molecular weight is 389 g/mol. The molecule has 3 rings (SSSR count). The average Bonchev–Trinajstić information content (AvgIpc) is 2.67. The first-order valence-electron chi connectivity index (χ1n) is 9.18. The van der Waals surface area contributed by atoms with Gasteiger partial charge in [0.2, 0.25) is 11.9 Å². The van der Waals surface area contributed by atoms with Gasteiger partial charge in [-0.3, -0.25) is 14.2 Å². The van der Waals surface area contributed by atoms with Gasteiger partial charge in [0, 0.05) is 19.6 Å². The second-order valence-electron chi connectivity index (χ2n) is 7.06. The van der Waals surface area contributed by atoms with Gasteiger partial charge in [0.15, 0.2) is 0 Å². The number of benzene rings is 1. The number of rotatable bonds is 7. The molecule has 0 bridgehead atoms. The Bertz CT molecular complexity index is 959. The molecule has 2 heterocycles. The van der Waals surface area contributed by atoms with Crippen molar-refractivity contribution in [3.63, 3.8) is 0 Å². The van der Waals surface area contributed by atoms with E-state index in [2.05, 4.69) is 15.1 Å². The second kappa shape index (κ2) is 7.83. The molecule has 0 fully saturated rings. The standard InChI is InChI=1S/C18H23N5O5/c1-3-18(2,28-23(26)27)12-19-15(24)11-21-9-6-10-22-16(25)13-7-4-5-8-14(13)20-17(21)22/h4-5,7-8H,3,6,9-12H2,1-2H3,(H,19,24). The lowest BCUT2D eigenvalue weighted by Crippen LogP contribution is -2.48. The number of amides is 1. The van der Waals surface area contributed by atoms with E-state index in [1.165, 1.54) is 0 Å². The molecule has 2 aromatic rings. The highest BCUT2D eigenvalue weighted by molar-refractivity contribution is 5.82. The Kier molecular flexibility index (Phi) is 5.48. The summed E-state index contributed by atoms with van der Waals surface area (Å²) in [6.45, 7) is 4.47. The van der Waals surface area contributed by atoms with Crippen LogP contribution in [0.25, 0.3) is 10.9 Å². The van der Waals surface area contributed by atoms with Gasteiger partial charge in [0.25, 0.3) is 10.6 Å². The van der Waals surface area contributed by atoms with E-state index in [1.54, 1.807) is 41.5 Å². The number of aromatic nitrogens is 2. The van der Waals surface area contributed by atoms with Gasteiger partial charge < -0.3 is 15.1 Å². The molecule has 0 spiro atoms. The summed E-state index contributed by atoms with van der Waals surface area (Å²) in [7, 11) is 0. The summed E-state index contributed by atoms with van der Waals surface area (Å²) in [6, 6.07) is 7.12. The molecule has 1 atom stereocenters. The van der Waals surface area contributed by atoms with Crippen LogP contribution in [0.5, 0.6) is 0 Å². The Morgan fingerprint density at radius 3 is 2.86 bits per heavy atom. The molecule has 1 unspecified atom stereocenters. The van der Waals surface area contributed by atoms with Crippen LogP contribution in [0.2, 0.25) is 0 Å². The molecule has 10 heteroatoms. The summed E-state index contributed by atoms with van der Waals surface area (Å²) in [5.74, 6) is 0.146. The topological polar surface area (TPSA) is 120 Å². The molecule has 0 aliphatic carbocycles. The maximum atomic E-state index is 12.7. The maximum Gasteiger partial charge on any atom is 0.295 e. The zero-order valence-electron chi connectivity index (χ0n) is 15.9. The highest BCUT2D eigenvalue weighted by Gasteiger charge is 2.28. The molecule has 28 heavy (non-hydrogen) atoms. The molecule has 0 saturated carbocycles. The summed E-state index contributed by atoms with van der Waals surface area (Å²) in [4.78, 5) is 46.8. The smallest absolute Gasteiger partial charge is 0.295 e. The molecule has 1 aliphatic rings. The van der Waals surface area contributed by atoms with E-state index in [9.17, 15) is 19.7 Å². The normalized spacial score (nSPS) is 15.6. The lowest BCUT2D eigenvalue weighted by molar-refractivity contribution is -0.779. The molecule has 1 aromatic carbocycles. The Labute approximate surface area is 161 Å². The molecule has 1 aliphatic heterocycles. The lowest BCUT2D eigenvalue weighted by Gasteiger charge is -2.31. The van der Waals surface area contributed by atoms with Crippen molar-refractivity contribution in [1.29, 1.82) is 0 Å². The minimum atomic E-state index is -1.09. The first-order chi connectivity index (χ1) is 13.3. The number of hydrogen-bond donors (Lipinski definition) is 1. The van der Waals surface area contributed by atoms with Gasteiger partial charge in [-0.1, -0.05) is 19.1 Å². The first-order valence-corrected chi connectivity index (χ1v) is 9.18. The number of nitrogens with zero attached hydrogens (tertiary/aromatic N) is 4. The van der Waals surface area contributed by atoms with Crippen LogP contribution in [-0.2, 0) is 16.2 Å². The van der Waals surface area contributed by atoms with Gasteiger partial charge in [-0.25, -0.2) is 4.98 Å². The summed E-state index contributed by atoms with van der Waals surface area (Å²) in [6.07, 6.45) is 1.08. The number of hydrogen-bond acceptors (Lipinski definition) is 7. The second-order valence-corrected chi connectivity index (χ2v) is 7.06. The van der Waals surface area contributed by atoms with Crippen LogP contribution in [0.1, 0.15) is 26.7 Å². The van der Waals surface area contributed by atoms with Crippen molar-refractivity contribution in [1.82, 2.24) is 14.9 Å². The van der Waals surface area contributed by atoms with Gasteiger partial charge in [0.1, 0.15) is 5.60 Å². The summed E-state index contributed by atoms with van der Waals surface area (Å²) in [5.41, 5.74) is -0.627. The van der Waals surface area contributed by atoms with E-state index in [1.807, 2.05) is 6.07 Å². The van der Waals surface area contributed by atoms with Crippen LogP contribution in [0.15, 0.2) is 29.1 Å². The van der Waals surface area contributed by atoms with Crippen LogP contribution in [0, 0.1) is 10.1 Å². The van der Waals surface area contributed by atoms with Crippen LogP contribution >= 0.6 is 0 Å². The molecule has 1 amide bonds. The Balaban J connectivity index is 1.75. The number of anilines is 1. The minimum Gasteiger partial charge on any atom is -0.352 e. The van der Waals surface area contributed by atoms with E-state index in [0.29, 0.717) is 36.4 Å².